The monoisotopic (exact) mass is 265 g/mol. The molecule has 2 rings (SSSR count). The fourth-order valence-corrected chi connectivity index (χ4v) is 3.06. The molecular formula is C16H24ClN. The molecule has 1 fully saturated rings. The number of hydrogen-bond acceptors (Lipinski definition) is 1. The van der Waals surface area contributed by atoms with E-state index in [0.29, 0.717) is 12.1 Å². The molecule has 1 aliphatic rings. The predicted molar refractivity (Wildman–Crippen MR) is 79.0 cm³/mol. The minimum atomic E-state index is 0.422. The van der Waals surface area contributed by atoms with Crippen LogP contribution in [0.1, 0.15) is 57.6 Å². The maximum absolute atomic E-state index is 5.92. The summed E-state index contributed by atoms with van der Waals surface area (Å²) < 4.78 is 0. The van der Waals surface area contributed by atoms with E-state index in [9.17, 15) is 0 Å². The molecule has 1 atom stereocenters. The van der Waals surface area contributed by atoms with Crippen LogP contribution >= 0.6 is 11.6 Å². The van der Waals surface area contributed by atoms with Crippen LogP contribution in [0.2, 0.25) is 5.02 Å². The van der Waals surface area contributed by atoms with Crippen LogP contribution in [0.5, 0.6) is 0 Å². The highest BCUT2D eigenvalue weighted by Crippen LogP contribution is 2.28. The smallest absolute Gasteiger partial charge is 0.0406 e. The molecule has 0 aromatic heterocycles. The van der Waals surface area contributed by atoms with Crippen molar-refractivity contribution >= 4 is 11.6 Å². The maximum Gasteiger partial charge on any atom is 0.0406 e. The van der Waals surface area contributed by atoms with E-state index in [2.05, 4.69) is 31.3 Å². The molecule has 2 heteroatoms. The van der Waals surface area contributed by atoms with Gasteiger partial charge in [0.25, 0.3) is 0 Å². The summed E-state index contributed by atoms with van der Waals surface area (Å²) in [5.41, 5.74) is 1.33. The lowest BCUT2D eigenvalue weighted by Gasteiger charge is -2.31. The van der Waals surface area contributed by atoms with Gasteiger partial charge in [0.2, 0.25) is 0 Å². The summed E-state index contributed by atoms with van der Waals surface area (Å²) >= 11 is 5.92. The lowest BCUT2D eigenvalue weighted by Crippen LogP contribution is -2.34. The molecular weight excluding hydrogens is 242 g/mol. The number of hydrogen-bond donors (Lipinski definition) is 1. The standard InChI is InChI=1S/C16H24ClN/c1-3-13-4-10-16(11-5-13)18-12(2)14-6-8-15(17)9-7-14/h6-9,12-13,16,18H,3-5,10-11H2,1-2H3/t12-,13?,16?/m1/s1. The highest BCUT2D eigenvalue weighted by molar-refractivity contribution is 6.30. The Morgan fingerprint density at radius 2 is 1.78 bits per heavy atom. The number of nitrogens with one attached hydrogen (secondary N) is 1. The van der Waals surface area contributed by atoms with E-state index in [0.717, 1.165) is 10.9 Å². The molecule has 100 valence electrons. The van der Waals surface area contributed by atoms with Gasteiger partial charge in [-0.3, -0.25) is 0 Å². The lowest BCUT2D eigenvalue weighted by molar-refractivity contribution is 0.273. The van der Waals surface area contributed by atoms with Gasteiger partial charge in [-0.05, 0) is 56.2 Å². The van der Waals surface area contributed by atoms with Gasteiger partial charge in [-0.2, -0.15) is 0 Å². The highest BCUT2D eigenvalue weighted by atomic mass is 35.5. The summed E-state index contributed by atoms with van der Waals surface area (Å²) in [7, 11) is 0. The minimum absolute atomic E-state index is 0.422. The van der Waals surface area contributed by atoms with E-state index < -0.39 is 0 Å². The van der Waals surface area contributed by atoms with E-state index in [1.807, 2.05) is 12.1 Å². The first kappa shape index (κ1) is 13.9. The fourth-order valence-electron chi connectivity index (χ4n) is 2.94. The quantitative estimate of drug-likeness (QED) is 0.811. The molecule has 0 bridgehead atoms. The second-order valence-electron chi connectivity index (χ2n) is 5.57. The van der Waals surface area contributed by atoms with Crippen molar-refractivity contribution in [3.8, 4) is 0 Å². The number of benzene rings is 1. The van der Waals surface area contributed by atoms with E-state index in [1.165, 1.54) is 37.7 Å². The van der Waals surface area contributed by atoms with Crippen LogP contribution in [-0.2, 0) is 0 Å². The minimum Gasteiger partial charge on any atom is -0.307 e. The van der Waals surface area contributed by atoms with Crippen molar-refractivity contribution in [2.45, 2.75) is 58.0 Å². The van der Waals surface area contributed by atoms with Gasteiger partial charge in [0, 0.05) is 17.1 Å². The number of rotatable bonds is 4. The summed E-state index contributed by atoms with van der Waals surface area (Å²) in [5.74, 6) is 0.967. The van der Waals surface area contributed by atoms with Crippen molar-refractivity contribution < 1.29 is 0 Å². The zero-order valence-electron chi connectivity index (χ0n) is 11.5. The second-order valence-corrected chi connectivity index (χ2v) is 6.00. The van der Waals surface area contributed by atoms with Gasteiger partial charge < -0.3 is 5.32 Å². The first-order valence-corrected chi connectivity index (χ1v) is 7.58. The first-order chi connectivity index (χ1) is 8.69. The molecule has 0 amide bonds. The third-order valence-electron chi connectivity index (χ3n) is 4.28. The zero-order valence-corrected chi connectivity index (χ0v) is 12.2. The van der Waals surface area contributed by atoms with Crippen molar-refractivity contribution in [1.82, 2.24) is 5.32 Å². The molecule has 0 saturated heterocycles. The molecule has 0 heterocycles. The van der Waals surface area contributed by atoms with Gasteiger partial charge in [-0.1, -0.05) is 37.1 Å². The maximum atomic E-state index is 5.92. The Morgan fingerprint density at radius 3 is 2.33 bits per heavy atom. The molecule has 1 aromatic rings. The highest BCUT2D eigenvalue weighted by Gasteiger charge is 2.21. The Hall–Kier alpha value is -0.530. The van der Waals surface area contributed by atoms with Gasteiger partial charge in [0.15, 0.2) is 0 Å². The van der Waals surface area contributed by atoms with Gasteiger partial charge >= 0.3 is 0 Å². The molecule has 1 nitrogen and oxygen atoms in total. The summed E-state index contributed by atoms with van der Waals surface area (Å²) in [4.78, 5) is 0. The predicted octanol–water partition coefficient (Wildman–Crippen LogP) is 4.96. The van der Waals surface area contributed by atoms with Crippen LogP contribution in [0, 0.1) is 5.92 Å². The lowest BCUT2D eigenvalue weighted by atomic mass is 9.84. The Labute approximate surface area is 116 Å². The van der Waals surface area contributed by atoms with Gasteiger partial charge in [0.05, 0.1) is 0 Å². The Bertz CT molecular complexity index is 352. The molecule has 18 heavy (non-hydrogen) atoms. The van der Waals surface area contributed by atoms with Crippen molar-refractivity contribution in [2.24, 2.45) is 5.92 Å². The van der Waals surface area contributed by atoms with E-state index in [4.69, 9.17) is 11.6 Å². The van der Waals surface area contributed by atoms with Crippen LogP contribution in [0.25, 0.3) is 0 Å². The van der Waals surface area contributed by atoms with E-state index in [1.54, 1.807) is 0 Å². The molecule has 0 unspecified atom stereocenters. The Balaban J connectivity index is 1.84. The van der Waals surface area contributed by atoms with Gasteiger partial charge in [-0.15, -0.1) is 0 Å². The van der Waals surface area contributed by atoms with E-state index >= 15 is 0 Å². The second kappa shape index (κ2) is 6.58. The largest absolute Gasteiger partial charge is 0.307 e. The van der Waals surface area contributed by atoms with Crippen LogP contribution < -0.4 is 5.32 Å². The van der Waals surface area contributed by atoms with Gasteiger partial charge in [-0.25, -0.2) is 0 Å². The first-order valence-electron chi connectivity index (χ1n) is 7.20. The number of halogens is 1. The molecule has 1 aromatic carbocycles. The molecule has 0 aliphatic heterocycles. The van der Waals surface area contributed by atoms with Crippen LogP contribution in [0.3, 0.4) is 0 Å². The fraction of sp³-hybridized carbons (Fsp3) is 0.625. The SMILES string of the molecule is CCC1CCC(N[C@H](C)c2ccc(Cl)cc2)CC1. The molecule has 1 aliphatic carbocycles. The van der Waals surface area contributed by atoms with Crippen molar-refractivity contribution in [3.05, 3.63) is 34.9 Å². The summed E-state index contributed by atoms with van der Waals surface area (Å²) in [6.45, 7) is 4.56. The molecule has 1 N–H and O–H groups in total. The Kier molecular flexibility index (Phi) is 5.08. The van der Waals surface area contributed by atoms with Crippen molar-refractivity contribution in [2.75, 3.05) is 0 Å². The Morgan fingerprint density at radius 1 is 1.17 bits per heavy atom. The average Bonchev–Trinajstić information content (AvgIpc) is 2.40. The summed E-state index contributed by atoms with van der Waals surface area (Å²) in [5, 5.41) is 4.57. The topological polar surface area (TPSA) is 12.0 Å². The zero-order chi connectivity index (χ0) is 13.0. The molecule has 0 radical (unpaired) electrons. The van der Waals surface area contributed by atoms with E-state index in [-0.39, 0.29) is 0 Å². The third kappa shape index (κ3) is 3.73. The van der Waals surface area contributed by atoms with Crippen molar-refractivity contribution in [3.63, 3.8) is 0 Å². The van der Waals surface area contributed by atoms with Crippen molar-refractivity contribution in [1.29, 1.82) is 0 Å². The van der Waals surface area contributed by atoms with Gasteiger partial charge in [0.1, 0.15) is 0 Å². The molecule has 0 spiro atoms. The normalized spacial score (nSPS) is 25.9. The van der Waals surface area contributed by atoms with Crippen LogP contribution in [0.4, 0.5) is 0 Å². The van der Waals surface area contributed by atoms with Crippen LogP contribution in [-0.4, -0.2) is 6.04 Å². The summed E-state index contributed by atoms with van der Waals surface area (Å²) in [6, 6.07) is 9.31. The molecule has 1 saturated carbocycles. The summed E-state index contributed by atoms with van der Waals surface area (Å²) in [6.07, 6.45) is 6.79. The van der Waals surface area contributed by atoms with Crippen LogP contribution in [0.15, 0.2) is 24.3 Å². The third-order valence-corrected chi connectivity index (χ3v) is 4.53. The average molecular weight is 266 g/mol.